The Morgan fingerprint density at radius 2 is 1.85 bits per heavy atom. The summed E-state index contributed by atoms with van der Waals surface area (Å²) in [5.74, 6) is -2.93. The minimum absolute atomic E-state index is 0.0740. The number of hydrogen-bond acceptors (Lipinski definition) is 6. The first-order valence-corrected chi connectivity index (χ1v) is 7.91. The Balaban J connectivity index is 2.17. The number of fused-ring (bicyclic) bond motifs is 1. The molecule has 0 saturated carbocycles. The summed E-state index contributed by atoms with van der Waals surface area (Å²) < 4.78 is 5.27. The molecular weight excluding hydrogens is 354 g/mol. The summed E-state index contributed by atoms with van der Waals surface area (Å²) in [6, 6.07) is 11.7. The van der Waals surface area contributed by atoms with Crippen molar-refractivity contribution in [2.24, 2.45) is 0 Å². The van der Waals surface area contributed by atoms with Crippen molar-refractivity contribution in [3.8, 4) is 16.9 Å². The molecule has 0 unspecified atom stereocenters. The molecule has 0 bridgehead atoms. The molecule has 0 aliphatic heterocycles. The van der Waals surface area contributed by atoms with E-state index in [-0.39, 0.29) is 17.6 Å². The van der Waals surface area contributed by atoms with Crippen molar-refractivity contribution in [2.45, 2.75) is 6.61 Å². The Labute approximate surface area is 152 Å². The molecule has 1 heterocycles. The molecule has 3 aromatic rings. The lowest BCUT2D eigenvalue weighted by Gasteiger charge is -2.10. The summed E-state index contributed by atoms with van der Waals surface area (Å²) in [6.45, 7) is -0.870. The van der Waals surface area contributed by atoms with Crippen molar-refractivity contribution in [1.82, 2.24) is 5.32 Å². The predicted molar refractivity (Wildman–Crippen MR) is 95.5 cm³/mol. The number of nitrogens with one attached hydrogen (secondary N) is 1. The molecule has 27 heavy (non-hydrogen) atoms. The molecule has 1 amide bonds. The smallest absolute Gasteiger partial charge is 0.353 e. The van der Waals surface area contributed by atoms with Crippen molar-refractivity contribution in [2.75, 3.05) is 6.54 Å². The number of carbonyl (C=O) groups is 2. The van der Waals surface area contributed by atoms with Gasteiger partial charge in [-0.2, -0.15) is 0 Å². The van der Waals surface area contributed by atoms with Gasteiger partial charge in [0.1, 0.15) is 17.9 Å². The molecule has 0 saturated heterocycles. The maximum Gasteiger partial charge on any atom is 0.353 e. The molecule has 0 spiro atoms. The number of amides is 1. The summed E-state index contributed by atoms with van der Waals surface area (Å²) in [5.41, 5.74) is 0.120. The number of aliphatic hydroxyl groups excluding tert-OH is 1. The molecule has 2 aromatic carbocycles. The van der Waals surface area contributed by atoms with E-state index in [0.29, 0.717) is 16.7 Å². The molecule has 0 aliphatic carbocycles. The van der Waals surface area contributed by atoms with E-state index < -0.39 is 35.4 Å². The van der Waals surface area contributed by atoms with E-state index in [2.05, 4.69) is 0 Å². The molecule has 1 aromatic heterocycles. The largest absolute Gasteiger partial charge is 0.506 e. The van der Waals surface area contributed by atoms with Crippen LogP contribution in [0, 0.1) is 0 Å². The van der Waals surface area contributed by atoms with Gasteiger partial charge in [-0.3, -0.25) is 9.59 Å². The molecule has 138 valence electrons. The van der Waals surface area contributed by atoms with E-state index in [0.717, 1.165) is 0 Å². The number of carbonyl (C=O) groups excluding carboxylic acids is 1. The minimum Gasteiger partial charge on any atom is -0.506 e. The fraction of sp³-hybridized carbons (Fsp3) is 0.105. The number of hydrogen-bond donors (Lipinski definition) is 4. The topological polar surface area (TPSA) is 137 Å². The van der Waals surface area contributed by atoms with E-state index in [9.17, 15) is 24.6 Å². The van der Waals surface area contributed by atoms with Gasteiger partial charge in [0.25, 0.3) is 5.91 Å². The summed E-state index contributed by atoms with van der Waals surface area (Å²) >= 11 is 0. The first kappa shape index (κ1) is 18.2. The molecule has 0 atom stereocenters. The van der Waals surface area contributed by atoms with E-state index in [1.165, 1.54) is 6.07 Å². The number of benzene rings is 2. The Hall–Kier alpha value is -3.65. The van der Waals surface area contributed by atoms with Crippen LogP contribution < -0.4 is 10.9 Å². The van der Waals surface area contributed by atoms with Crippen LogP contribution in [0.5, 0.6) is 5.75 Å². The van der Waals surface area contributed by atoms with E-state index in [1.54, 1.807) is 36.4 Å². The van der Waals surface area contributed by atoms with Crippen LogP contribution in [0.1, 0.15) is 15.9 Å². The van der Waals surface area contributed by atoms with Crippen molar-refractivity contribution < 1.29 is 29.3 Å². The number of aliphatic hydroxyl groups is 1. The van der Waals surface area contributed by atoms with Gasteiger partial charge in [0.15, 0.2) is 5.56 Å². The van der Waals surface area contributed by atoms with Crippen molar-refractivity contribution >= 4 is 22.8 Å². The lowest BCUT2D eigenvalue weighted by atomic mass is 10.00. The summed E-state index contributed by atoms with van der Waals surface area (Å²) in [4.78, 5) is 34.9. The molecule has 0 aliphatic rings. The van der Waals surface area contributed by atoms with Crippen molar-refractivity contribution in [3.63, 3.8) is 0 Å². The highest BCUT2D eigenvalue weighted by atomic mass is 16.4. The van der Waals surface area contributed by atoms with Gasteiger partial charge in [0, 0.05) is 5.56 Å². The fourth-order valence-corrected chi connectivity index (χ4v) is 2.72. The van der Waals surface area contributed by atoms with Crippen molar-refractivity contribution in [3.05, 3.63) is 64.0 Å². The Morgan fingerprint density at radius 3 is 2.56 bits per heavy atom. The Bertz CT molecular complexity index is 1100. The quantitative estimate of drug-likeness (QED) is 0.500. The van der Waals surface area contributed by atoms with Gasteiger partial charge in [0.05, 0.1) is 12.0 Å². The van der Waals surface area contributed by atoms with Crippen LogP contribution in [0.25, 0.3) is 22.1 Å². The van der Waals surface area contributed by atoms with Gasteiger partial charge in [-0.05, 0) is 23.3 Å². The zero-order valence-electron chi connectivity index (χ0n) is 13.9. The normalized spacial score (nSPS) is 10.7. The van der Waals surface area contributed by atoms with Gasteiger partial charge in [-0.25, -0.2) is 4.79 Å². The Kier molecular flexibility index (Phi) is 4.91. The number of aliphatic carboxylic acids is 1. The van der Waals surface area contributed by atoms with Gasteiger partial charge >= 0.3 is 11.6 Å². The van der Waals surface area contributed by atoms with Crippen LogP contribution >= 0.6 is 0 Å². The monoisotopic (exact) mass is 369 g/mol. The van der Waals surface area contributed by atoms with E-state index >= 15 is 0 Å². The molecule has 0 fully saturated rings. The molecular formula is C19H15NO7. The van der Waals surface area contributed by atoms with Gasteiger partial charge in [-0.15, -0.1) is 0 Å². The first-order chi connectivity index (χ1) is 12.9. The fourth-order valence-electron chi connectivity index (χ4n) is 2.72. The van der Waals surface area contributed by atoms with Gasteiger partial charge < -0.3 is 25.1 Å². The second-order valence-corrected chi connectivity index (χ2v) is 5.73. The third-order valence-corrected chi connectivity index (χ3v) is 3.95. The van der Waals surface area contributed by atoms with Crippen molar-refractivity contribution in [1.29, 1.82) is 0 Å². The first-order valence-electron chi connectivity index (χ1n) is 7.91. The number of para-hydroxylation sites is 1. The average molecular weight is 369 g/mol. The molecule has 0 radical (unpaired) electrons. The highest BCUT2D eigenvalue weighted by Gasteiger charge is 2.22. The van der Waals surface area contributed by atoms with Crippen LogP contribution in [-0.2, 0) is 11.4 Å². The molecule has 3 rings (SSSR count). The van der Waals surface area contributed by atoms with Crippen LogP contribution in [0.4, 0.5) is 0 Å². The lowest BCUT2D eigenvalue weighted by Crippen LogP contribution is -2.32. The number of rotatable bonds is 5. The predicted octanol–water partition coefficient (Wildman–Crippen LogP) is 1.47. The summed E-state index contributed by atoms with van der Waals surface area (Å²) in [5, 5.41) is 30.5. The summed E-state index contributed by atoms with van der Waals surface area (Å²) in [6.07, 6.45) is 0. The van der Waals surface area contributed by atoms with Crippen LogP contribution in [-0.4, -0.2) is 33.7 Å². The number of carboxylic acid groups (broad SMARTS) is 1. The molecule has 8 nitrogen and oxygen atoms in total. The SMILES string of the molecule is O=C(O)CNC(=O)c1c(O)c2cccc(-c3cccc(CO)c3)c2oc1=O. The van der Waals surface area contributed by atoms with E-state index in [4.69, 9.17) is 9.52 Å². The highest BCUT2D eigenvalue weighted by Crippen LogP contribution is 2.34. The zero-order chi connectivity index (χ0) is 19.6. The van der Waals surface area contributed by atoms with E-state index in [1.807, 2.05) is 5.32 Å². The highest BCUT2D eigenvalue weighted by molar-refractivity contribution is 6.04. The minimum atomic E-state index is -1.29. The molecule has 8 heteroatoms. The second kappa shape index (κ2) is 7.30. The number of aromatic hydroxyl groups is 1. The second-order valence-electron chi connectivity index (χ2n) is 5.73. The van der Waals surface area contributed by atoms with Crippen LogP contribution in [0.3, 0.4) is 0 Å². The third-order valence-electron chi connectivity index (χ3n) is 3.95. The third kappa shape index (κ3) is 3.51. The standard InChI is InChI=1S/C19H15NO7/c21-9-10-3-1-4-11(7-10)12-5-2-6-13-16(24)15(19(26)27-17(12)13)18(25)20-8-14(22)23/h1-7,21,24H,8-9H2,(H,20,25)(H,22,23). The Morgan fingerprint density at radius 1 is 1.11 bits per heavy atom. The summed E-state index contributed by atoms with van der Waals surface area (Å²) in [7, 11) is 0. The average Bonchev–Trinajstić information content (AvgIpc) is 2.66. The number of carboxylic acids is 1. The van der Waals surface area contributed by atoms with Gasteiger partial charge in [-0.1, -0.05) is 30.3 Å². The van der Waals surface area contributed by atoms with Gasteiger partial charge in [0.2, 0.25) is 0 Å². The zero-order valence-corrected chi connectivity index (χ0v) is 13.9. The lowest BCUT2D eigenvalue weighted by molar-refractivity contribution is -0.135. The maximum absolute atomic E-state index is 12.3. The van der Waals surface area contributed by atoms with Crippen LogP contribution in [0.2, 0.25) is 0 Å². The maximum atomic E-state index is 12.3. The van der Waals surface area contributed by atoms with Crippen LogP contribution in [0.15, 0.2) is 51.7 Å². The molecule has 4 N–H and O–H groups in total.